The first-order valence-corrected chi connectivity index (χ1v) is 4.96. The van der Waals surface area contributed by atoms with Gasteiger partial charge in [0.15, 0.2) is 0 Å². The molecule has 1 saturated heterocycles. The van der Waals surface area contributed by atoms with Crippen LogP contribution in [0.25, 0.3) is 0 Å². The maximum atomic E-state index is 11.4. The molecule has 0 aromatic carbocycles. The summed E-state index contributed by atoms with van der Waals surface area (Å²) >= 11 is 0. The second-order valence-corrected chi connectivity index (χ2v) is 3.90. The van der Waals surface area contributed by atoms with E-state index in [4.69, 9.17) is 5.26 Å². The van der Waals surface area contributed by atoms with Gasteiger partial charge in [0.1, 0.15) is 6.42 Å². The van der Waals surface area contributed by atoms with Crippen molar-refractivity contribution in [3.05, 3.63) is 0 Å². The highest BCUT2D eigenvalue weighted by Crippen LogP contribution is 2.13. The van der Waals surface area contributed by atoms with Gasteiger partial charge in [0.05, 0.1) is 6.07 Å². The van der Waals surface area contributed by atoms with Gasteiger partial charge in [0.2, 0.25) is 5.91 Å². The van der Waals surface area contributed by atoms with Gasteiger partial charge in [-0.2, -0.15) is 5.26 Å². The van der Waals surface area contributed by atoms with Gasteiger partial charge in [-0.05, 0) is 26.4 Å². The summed E-state index contributed by atoms with van der Waals surface area (Å²) in [6.07, 6.45) is 2.18. The van der Waals surface area contributed by atoms with Crippen molar-refractivity contribution >= 4 is 5.91 Å². The van der Waals surface area contributed by atoms with Crippen LogP contribution >= 0.6 is 0 Å². The van der Waals surface area contributed by atoms with Gasteiger partial charge < -0.3 is 9.80 Å². The number of nitriles is 1. The zero-order valence-electron chi connectivity index (χ0n) is 8.86. The largest absolute Gasteiger partial charge is 0.341 e. The molecule has 14 heavy (non-hydrogen) atoms. The van der Waals surface area contributed by atoms with E-state index in [0.717, 1.165) is 25.9 Å². The SMILES string of the molecule is CN1CCCC(N(C)C(=O)CC#N)C1. The van der Waals surface area contributed by atoms with E-state index in [-0.39, 0.29) is 18.4 Å². The number of likely N-dealkylation sites (N-methyl/N-ethyl adjacent to an activating group) is 2. The van der Waals surface area contributed by atoms with Crippen molar-refractivity contribution in [2.45, 2.75) is 25.3 Å². The van der Waals surface area contributed by atoms with Crippen LogP contribution in [0.3, 0.4) is 0 Å². The maximum Gasteiger partial charge on any atom is 0.236 e. The standard InChI is InChI=1S/C10H17N3O/c1-12-7-3-4-9(8-12)13(2)10(14)5-6-11/h9H,3-5,7-8H2,1-2H3. The Morgan fingerprint density at radius 2 is 2.43 bits per heavy atom. The van der Waals surface area contributed by atoms with Gasteiger partial charge >= 0.3 is 0 Å². The summed E-state index contributed by atoms with van der Waals surface area (Å²) in [5.41, 5.74) is 0. The summed E-state index contributed by atoms with van der Waals surface area (Å²) in [6, 6.07) is 2.18. The number of amides is 1. The molecule has 1 unspecified atom stereocenters. The number of rotatable bonds is 2. The van der Waals surface area contributed by atoms with Crippen LogP contribution in [0, 0.1) is 11.3 Å². The van der Waals surface area contributed by atoms with E-state index in [1.165, 1.54) is 0 Å². The quantitative estimate of drug-likeness (QED) is 0.643. The van der Waals surface area contributed by atoms with Crippen molar-refractivity contribution in [2.24, 2.45) is 0 Å². The molecule has 1 heterocycles. The molecule has 1 aliphatic heterocycles. The fourth-order valence-corrected chi connectivity index (χ4v) is 1.85. The van der Waals surface area contributed by atoms with Crippen LogP contribution in [-0.2, 0) is 4.79 Å². The van der Waals surface area contributed by atoms with Gasteiger partial charge in [-0.1, -0.05) is 0 Å². The first kappa shape index (κ1) is 11.0. The third-order valence-electron chi connectivity index (χ3n) is 2.77. The molecular weight excluding hydrogens is 178 g/mol. The first-order chi connectivity index (χ1) is 6.65. The fraction of sp³-hybridized carbons (Fsp3) is 0.800. The molecule has 0 aliphatic carbocycles. The van der Waals surface area contributed by atoms with E-state index in [2.05, 4.69) is 11.9 Å². The minimum Gasteiger partial charge on any atom is -0.341 e. The van der Waals surface area contributed by atoms with Crippen LogP contribution < -0.4 is 0 Å². The van der Waals surface area contributed by atoms with E-state index in [0.29, 0.717) is 0 Å². The average molecular weight is 195 g/mol. The van der Waals surface area contributed by atoms with Gasteiger partial charge in [-0.15, -0.1) is 0 Å². The molecule has 1 fully saturated rings. The minimum absolute atomic E-state index is 0.00326. The zero-order chi connectivity index (χ0) is 10.6. The van der Waals surface area contributed by atoms with E-state index < -0.39 is 0 Å². The van der Waals surface area contributed by atoms with Crippen LogP contribution in [0.15, 0.2) is 0 Å². The summed E-state index contributed by atoms with van der Waals surface area (Å²) in [5, 5.41) is 8.43. The molecular formula is C10H17N3O. The number of carbonyl (C=O) groups excluding carboxylic acids is 1. The molecule has 4 heteroatoms. The summed E-state index contributed by atoms with van der Waals surface area (Å²) in [5.74, 6) is -0.0622. The topological polar surface area (TPSA) is 47.3 Å². The highest BCUT2D eigenvalue weighted by molar-refractivity contribution is 5.78. The Labute approximate surface area is 85.1 Å². The molecule has 1 aliphatic rings. The third kappa shape index (κ3) is 2.71. The van der Waals surface area contributed by atoms with Crippen LogP contribution in [-0.4, -0.2) is 48.9 Å². The lowest BCUT2D eigenvalue weighted by atomic mass is 10.0. The Balaban J connectivity index is 2.47. The summed E-state index contributed by atoms with van der Waals surface area (Å²) in [4.78, 5) is 15.4. The number of hydrogen-bond donors (Lipinski definition) is 0. The predicted molar refractivity (Wildman–Crippen MR) is 53.5 cm³/mol. The smallest absolute Gasteiger partial charge is 0.236 e. The minimum atomic E-state index is -0.0622. The molecule has 0 bridgehead atoms. The molecule has 0 saturated carbocycles. The molecule has 1 atom stereocenters. The molecule has 1 amide bonds. The summed E-state index contributed by atoms with van der Waals surface area (Å²) in [6.45, 7) is 2.03. The molecule has 4 nitrogen and oxygen atoms in total. The second kappa shape index (κ2) is 4.97. The van der Waals surface area contributed by atoms with Gasteiger partial charge in [-0.25, -0.2) is 0 Å². The Morgan fingerprint density at radius 3 is 3.00 bits per heavy atom. The van der Waals surface area contributed by atoms with Crippen molar-refractivity contribution in [3.8, 4) is 6.07 Å². The van der Waals surface area contributed by atoms with Crippen LogP contribution in [0.2, 0.25) is 0 Å². The Morgan fingerprint density at radius 1 is 1.71 bits per heavy atom. The van der Waals surface area contributed by atoms with E-state index in [1.807, 2.05) is 6.07 Å². The van der Waals surface area contributed by atoms with Crippen molar-refractivity contribution in [3.63, 3.8) is 0 Å². The van der Waals surface area contributed by atoms with Gasteiger partial charge in [0.25, 0.3) is 0 Å². The number of piperidine rings is 1. The average Bonchev–Trinajstić information content (AvgIpc) is 2.17. The van der Waals surface area contributed by atoms with Crippen molar-refractivity contribution in [1.29, 1.82) is 5.26 Å². The summed E-state index contributed by atoms with van der Waals surface area (Å²) < 4.78 is 0. The molecule has 1 rings (SSSR count). The van der Waals surface area contributed by atoms with Crippen LogP contribution in [0.4, 0.5) is 0 Å². The lowest BCUT2D eigenvalue weighted by Crippen LogP contribution is -2.47. The first-order valence-electron chi connectivity index (χ1n) is 4.96. The molecule has 0 N–H and O–H groups in total. The molecule has 0 aromatic heterocycles. The van der Waals surface area contributed by atoms with E-state index in [1.54, 1.807) is 11.9 Å². The summed E-state index contributed by atoms with van der Waals surface area (Å²) in [7, 11) is 3.86. The Bertz CT molecular complexity index is 246. The van der Waals surface area contributed by atoms with E-state index >= 15 is 0 Å². The Kier molecular flexibility index (Phi) is 3.90. The van der Waals surface area contributed by atoms with Gasteiger partial charge in [-0.3, -0.25) is 4.79 Å². The zero-order valence-corrected chi connectivity index (χ0v) is 8.86. The van der Waals surface area contributed by atoms with Crippen LogP contribution in [0.5, 0.6) is 0 Å². The lowest BCUT2D eigenvalue weighted by Gasteiger charge is -2.35. The van der Waals surface area contributed by atoms with Crippen molar-refractivity contribution in [2.75, 3.05) is 27.2 Å². The number of likely N-dealkylation sites (tertiary alicyclic amines) is 1. The van der Waals surface area contributed by atoms with Crippen molar-refractivity contribution < 1.29 is 4.79 Å². The second-order valence-electron chi connectivity index (χ2n) is 3.90. The van der Waals surface area contributed by atoms with E-state index in [9.17, 15) is 4.79 Å². The molecule has 0 spiro atoms. The van der Waals surface area contributed by atoms with Gasteiger partial charge in [0, 0.05) is 19.6 Å². The maximum absolute atomic E-state index is 11.4. The van der Waals surface area contributed by atoms with Crippen LogP contribution in [0.1, 0.15) is 19.3 Å². The monoisotopic (exact) mass is 195 g/mol. The molecule has 0 radical (unpaired) electrons. The lowest BCUT2D eigenvalue weighted by molar-refractivity contribution is -0.131. The number of nitrogens with zero attached hydrogens (tertiary/aromatic N) is 3. The normalized spacial score (nSPS) is 22.8. The fourth-order valence-electron chi connectivity index (χ4n) is 1.85. The van der Waals surface area contributed by atoms with Crippen molar-refractivity contribution in [1.82, 2.24) is 9.80 Å². The highest BCUT2D eigenvalue weighted by atomic mass is 16.2. The Hall–Kier alpha value is -1.08. The number of hydrogen-bond acceptors (Lipinski definition) is 3. The third-order valence-corrected chi connectivity index (χ3v) is 2.77. The number of carbonyl (C=O) groups is 1. The molecule has 0 aromatic rings. The molecule has 78 valence electrons. The predicted octanol–water partition coefficient (Wildman–Crippen LogP) is 0.453. The highest BCUT2D eigenvalue weighted by Gasteiger charge is 2.23.